The van der Waals surface area contributed by atoms with Crippen molar-refractivity contribution in [3.8, 4) is 0 Å². The highest BCUT2D eigenvalue weighted by Crippen LogP contribution is 2.15. The van der Waals surface area contributed by atoms with Crippen LogP contribution in [-0.4, -0.2) is 37.2 Å². The maximum atomic E-state index is 12.8. The molecule has 0 rings (SSSR count). The van der Waals surface area contributed by atoms with Gasteiger partial charge >= 0.3 is 17.9 Å². The average molecular weight is 839 g/mol. The fourth-order valence-corrected chi connectivity index (χ4v) is 6.99. The van der Waals surface area contributed by atoms with Gasteiger partial charge in [-0.15, -0.1) is 0 Å². The number of unbranched alkanes of at least 4 members (excludes halogenated alkanes) is 25. The molecule has 0 aromatic rings. The number of carbonyl (C=O) groups is 3. The molecule has 6 nitrogen and oxygen atoms in total. The van der Waals surface area contributed by atoms with Crippen LogP contribution in [-0.2, 0) is 28.6 Å². The first-order valence-corrected chi connectivity index (χ1v) is 25.3. The summed E-state index contributed by atoms with van der Waals surface area (Å²) in [6, 6.07) is 0. The van der Waals surface area contributed by atoms with E-state index in [1.54, 1.807) is 0 Å². The minimum absolute atomic E-state index is 0.0965. The lowest BCUT2D eigenvalue weighted by Crippen LogP contribution is -2.30. The highest BCUT2D eigenvalue weighted by atomic mass is 16.6. The summed E-state index contributed by atoms with van der Waals surface area (Å²) < 4.78 is 16.7. The molecule has 0 saturated carbocycles. The van der Waals surface area contributed by atoms with Gasteiger partial charge in [0.05, 0.1) is 0 Å². The number of hydrogen-bond donors (Lipinski definition) is 0. The lowest BCUT2D eigenvalue weighted by molar-refractivity contribution is -0.167. The summed E-state index contributed by atoms with van der Waals surface area (Å²) in [6.45, 7) is 6.46. The fraction of sp³-hybridized carbons (Fsp3) is 0.759. The number of carbonyl (C=O) groups excluding carboxylic acids is 3. The maximum absolute atomic E-state index is 12.8. The molecule has 0 saturated heterocycles. The van der Waals surface area contributed by atoms with E-state index in [1.807, 2.05) is 0 Å². The second-order valence-electron chi connectivity index (χ2n) is 16.7. The smallest absolute Gasteiger partial charge is 0.306 e. The van der Waals surface area contributed by atoms with Crippen LogP contribution in [0.25, 0.3) is 0 Å². The van der Waals surface area contributed by atoms with Gasteiger partial charge in [0.1, 0.15) is 13.2 Å². The van der Waals surface area contributed by atoms with Gasteiger partial charge in [-0.05, 0) is 70.6 Å². The summed E-state index contributed by atoms with van der Waals surface area (Å²) in [6.07, 6.45) is 59.3. The maximum Gasteiger partial charge on any atom is 0.306 e. The predicted molar refractivity (Wildman–Crippen MR) is 256 cm³/mol. The average Bonchev–Trinajstić information content (AvgIpc) is 3.24. The Morgan fingerprint density at radius 2 is 0.717 bits per heavy atom. The monoisotopic (exact) mass is 839 g/mol. The van der Waals surface area contributed by atoms with Crippen LogP contribution in [0, 0.1) is 0 Å². The first-order chi connectivity index (χ1) is 29.5. The van der Waals surface area contributed by atoms with Crippen LogP contribution >= 0.6 is 0 Å². The second-order valence-corrected chi connectivity index (χ2v) is 16.7. The zero-order chi connectivity index (χ0) is 43.7. The Morgan fingerprint density at radius 1 is 0.367 bits per heavy atom. The van der Waals surface area contributed by atoms with Crippen LogP contribution in [0.15, 0.2) is 60.8 Å². The number of esters is 3. The van der Waals surface area contributed by atoms with Crippen LogP contribution in [0.2, 0.25) is 0 Å². The van der Waals surface area contributed by atoms with Crippen molar-refractivity contribution in [3.63, 3.8) is 0 Å². The van der Waals surface area contributed by atoms with E-state index in [9.17, 15) is 14.4 Å². The third kappa shape index (κ3) is 46.2. The number of rotatable bonds is 45. The standard InChI is InChI=1S/C54H94O6/c1-4-7-10-13-16-19-22-24-25-26-27-28-30-32-35-38-41-44-47-53(56)59-50-51(49-58-52(55)46-43-40-37-34-31-21-18-15-12-9-6-3)60-54(57)48-45-42-39-36-33-29-23-20-17-14-11-8-5-2/h9,12,18,21,25-28,34,37,51H,4-8,10-11,13-17,19-20,22-24,29-33,35-36,38-50H2,1-3H3/b12-9-,21-18-,26-25-,28-27-,37-34-. The lowest BCUT2D eigenvalue weighted by atomic mass is 10.0. The molecular weight excluding hydrogens is 745 g/mol. The molecule has 0 amide bonds. The van der Waals surface area contributed by atoms with Gasteiger partial charge in [0.15, 0.2) is 6.10 Å². The van der Waals surface area contributed by atoms with E-state index in [2.05, 4.69) is 81.5 Å². The molecule has 0 spiro atoms. The van der Waals surface area contributed by atoms with Crippen molar-refractivity contribution in [2.45, 2.75) is 252 Å². The summed E-state index contributed by atoms with van der Waals surface area (Å²) in [5, 5.41) is 0. The van der Waals surface area contributed by atoms with E-state index in [0.717, 1.165) is 83.5 Å². The van der Waals surface area contributed by atoms with Gasteiger partial charge in [0, 0.05) is 19.3 Å². The van der Waals surface area contributed by atoms with E-state index >= 15 is 0 Å². The van der Waals surface area contributed by atoms with E-state index in [-0.39, 0.29) is 37.5 Å². The second kappa shape index (κ2) is 48.8. The van der Waals surface area contributed by atoms with Crippen molar-refractivity contribution in [1.82, 2.24) is 0 Å². The molecule has 1 unspecified atom stereocenters. The Balaban J connectivity index is 4.41. The van der Waals surface area contributed by atoms with Crippen LogP contribution in [0.4, 0.5) is 0 Å². The molecule has 0 N–H and O–H groups in total. The Bertz CT molecular complexity index is 1100. The highest BCUT2D eigenvalue weighted by molar-refractivity contribution is 5.71. The Kier molecular flexibility index (Phi) is 46.4. The minimum atomic E-state index is -0.797. The minimum Gasteiger partial charge on any atom is -0.462 e. The third-order valence-electron chi connectivity index (χ3n) is 10.8. The zero-order valence-electron chi connectivity index (χ0n) is 39.5. The van der Waals surface area contributed by atoms with E-state index < -0.39 is 6.10 Å². The summed E-state index contributed by atoms with van der Waals surface area (Å²) in [5.41, 5.74) is 0. The van der Waals surface area contributed by atoms with Gasteiger partial charge < -0.3 is 14.2 Å². The molecule has 6 heteroatoms. The SMILES string of the molecule is CC/C=C\C/C=C\C/C=C\CCCC(=O)OCC(COC(=O)CCCCCCC/C=C\C=C/CCCCCCCCC)OC(=O)CCCCCCCCCCCCCCC. The topological polar surface area (TPSA) is 78.9 Å². The van der Waals surface area contributed by atoms with Crippen LogP contribution < -0.4 is 0 Å². The van der Waals surface area contributed by atoms with E-state index in [0.29, 0.717) is 19.3 Å². The molecule has 0 aliphatic rings. The molecule has 60 heavy (non-hydrogen) atoms. The molecule has 0 bridgehead atoms. The number of ether oxygens (including phenoxy) is 3. The highest BCUT2D eigenvalue weighted by Gasteiger charge is 2.19. The van der Waals surface area contributed by atoms with Crippen molar-refractivity contribution in [1.29, 1.82) is 0 Å². The molecule has 1 atom stereocenters. The van der Waals surface area contributed by atoms with Gasteiger partial charge in [-0.1, -0.05) is 216 Å². The van der Waals surface area contributed by atoms with Gasteiger partial charge in [-0.25, -0.2) is 0 Å². The van der Waals surface area contributed by atoms with E-state index in [4.69, 9.17) is 14.2 Å². The third-order valence-corrected chi connectivity index (χ3v) is 10.8. The van der Waals surface area contributed by atoms with Gasteiger partial charge in [-0.3, -0.25) is 14.4 Å². The van der Waals surface area contributed by atoms with E-state index in [1.165, 1.54) is 116 Å². The quantitative estimate of drug-likeness (QED) is 0.0200. The normalized spacial score (nSPS) is 12.5. The first kappa shape index (κ1) is 57.1. The molecule has 0 aromatic carbocycles. The van der Waals surface area contributed by atoms with Crippen LogP contribution in [0.5, 0.6) is 0 Å². The molecule has 0 heterocycles. The van der Waals surface area contributed by atoms with Crippen molar-refractivity contribution < 1.29 is 28.6 Å². The Labute approximate surface area is 370 Å². The molecule has 0 aliphatic heterocycles. The van der Waals surface area contributed by atoms with Gasteiger partial charge in [0.25, 0.3) is 0 Å². The van der Waals surface area contributed by atoms with Crippen molar-refractivity contribution in [2.75, 3.05) is 13.2 Å². The van der Waals surface area contributed by atoms with Crippen molar-refractivity contribution in [2.24, 2.45) is 0 Å². The van der Waals surface area contributed by atoms with Crippen LogP contribution in [0.1, 0.15) is 245 Å². The Hall–Kier alpha value is -2.89. The molecule has 0 fully saturated rings. The lowest BCUT2D eigenvalue weighted by Gasteiger charge is -2.18. The van der Waals surface area contributed by atoms with Crippen molar-refractivity contribution >= 4 is 17.9 Å². The fourth-order valence-electron chi connectivity index (χ4n) is 6.99. The predicted octanol–water partition coefficient (Wildman–Crippen LogP) is 16.5. The number of hydrogen-bond acceptors (Lipinski definition) is 6. The zero-order valence-corrected chi connectivity index (χ0v) is 39.5. The summed E-state index contributed by atoms with van der Waals surface area (Å²) >= 11 is 0. The van der Waals surface area contributed by atoms with Gasteiger partial charge in [-0.2, -0.15) is 0 Å². The van der Waals surface area contributed by atoms with Crippen LogP contribution in [0.3, 0.4) is 0 Å². The molecule has 0 aliphatic carbocycles. The molecule has 346 valence electrons. The largest absolute Gasteiger partial charge is 0.462 e. The summed E-state index contributed by atoms with van der Waals surface area (Å²) in [7, 11) is 0. The number of allylic oxidation sites excluding steroid dienone is 10. The molecule has 0 aromatic heterocycles. The molecule has 0 radical (unpaired) electrons. The summed E-state index contributed by atoms with van der Waals surface area (Å²) in [4.78, 5) is 37.8. The summed E-state index contributed by atoms with van der Waals surface area (Å²) in [5.74, 6) is -0.963. The first-order valence-electron chi connectivity index (χ1n) is 25.3. The Morgan fingerprint density at radius 3 is 1.17 bits per heavy atom. The molecular formula is C54H94O6. The van der Waals surface area contributed by atoms with Gasteiger partial charge in [0.2, 0.25) is 0 Å². The van der Waals surface area contributed by atoms with Crippen molar-refractivity contribution in [3.05, 3.63) is 60.8 Å².